The number of unbranched alkanes of at least 4 members (excludes halogenated alkanes) is 3. The number of carbonyl (C=O) groups is 6. The highest BCUT2D eigenvalue weighted by molar-refractivity contribution is 6.05. The second-order valence-corrected chi connectivity index (χ2v) is 15.7. The van der Waals surface area contributed by atoms with E-state index in [-0.39, 0.29) is 43.5 Å². The number of hydrogen-bond donors (Lipinski definition) is 2. The van der Waals surface area contributed by atoms with Crippen LogP contribution in [-0.4, -0.2) is 97.7 Å². The van der Waals surface area contributed by atoms with Crippen LogP contribution in [0.1, 0.15) is 115 Å². The largest absolute Gasteiger partial charge is 0.478 e. The molecule has 1 saturated carbocycles. The number of allylic oxidation sites excluding steroid dienone is 1. The van der Waals surface area contributed by atoms with E-state index in [0.29, 0.717) is 17.7 Å². The first-order valence-corrected chi connectivity index (χ1v) is 18.4. The van der Waals surface area contributed by atoms with Crippen molar-refractivity contribution < 1.29 is 53.0 Å². The van der Waals surface area contributed by atoms with E-state index in [9.17, 15) is 39.2 Å². The first kappa shape index (κ1) is 44.1. The predicted molar refractivity (Wildman–Crippen MR) is 200 cm³/mol. The summed E-state index contributed by atoms with van der Waals surface area (Å²) in [5.41, 5.74) is -4.64. The van der Waals surface area contributed by atoms with Crippen LogP contribution in [0.4, 0.5) is 15.3 Å². The molecule has 16 nitrogen and oxygen atoms in total. The van der Waals surface area contributed by atoms with Crippen molar-refractivity contribution in [3.63, 3.8) is 0 Å². The Morgan fingerprint density at radius 2 is 1.73 bits per heavy atom. The third kappa shape index (κ3) is 10.9. The number of imide groups is 1. The molecule has 1 unspecified atom stereocenters. The number of nitro groups is 1. The molecule has 2 fully saturated rings. The quantitative estimate of drug-likeness (QED) is 0.0475. The Balaban J connectivity index is 2.22. The number of nitrogens with zero attached hydrogens (tertiary/aromatic N) is 3. The summed E-state index contributed by atoms with van der Waals surface area (Å²) < 4.78 is 16.4. The Labute approximate surface area is 321 Å². The van der Waals surface area contributed by atoms with Crippen LogP contribution in [0.15, 0.2) is 43.5 Å². The number of non-ortho nitro benzene ring substituents is 1. The topological polar surface area (TPSA) is 212 Å². The number of likely N-dealkylation sites (tertiary alicyclic amines) is 1. The molecule has 0 aromatic heterocycles. The standard InChI is InChI=1S/C39H54N4O12/c1-10-13-14-15-16-17-29(40-35(49)54-37(4,5)6)31(44)41-23-24(28-21-26(43(51)52)18-19-27(28)33(46)47)20-30(41)32(45)42(36(50)55-38(7,8)9)39(22-25(39)11-2)34(48)53-12-3/h10-11,18-19,21,24-25,29-30H,1-2,12-17,20,22-23H2,3-9H3,(H,40,49)(H,46,47)/t24-,25?,29-,30-,39+/m0/s1. The maximum Gasteiger partial charge on any atom is 0.418 e. The molecule has 16 heteroatoms. The molecule has 1 saturated heterocycles. The summed E-state index contributed by atoms with van der Waals surface area (Å²) in [6.07, 6.45) is 3.51. The molecule has 1 heterocycles. The number of esters is 1. The highest BCUT2D eigenvalue weighted by Crippen LogP contribution is 2.52. The monoisotopic (exact) mass is 770 g/mol. The average Bonchev–Trinajstić information content (AvgIpc) is 3.64. The van der Waals surface area contributed by atoms with E-state index < -0.39 is 87.2 Å². The molecule has 1 aromatic carbocycles. The fourth-order valence-electron chi connectivity index (χ4n) is 6.76. The molecule has 1 aliphatic carbocycles. The van der Waals surface area contributed by atoms with Gasteiger partial charge in [-0.25, -0.2) is 24.1 Å². The van der Waals surface area contributed by atoms with E-state index in [1.54, 1.807) is 54.5 Å². The molecule has 5 atom stereocenters. The smallest absolute Gasteiger partial charge is 0.418 e. The van der Waals surface area contributed by atoms with Gasteiger partial charge in [0.1, 0.15) is 23.3 Å². The molecule has 4 amide bonds. The minimum atomic E-state index is -1.86. The summed E-state index contributed by atoms with van der Waals surface area (Å²) in [4.78, 5) is 95.8. The lowest BCUT2D eigenvalue weighted by Gasteiger charge is -2.36. The first-order chi connectivity index (χ1) is 25.6. The lowest BCUT2D eigenvalue weighted by molar-refractivity contribution is -0.384. The van der Waals surface area contributed by atoms with Crippen LogP contribution in [0, 0.1) is 16.0 Å². The highest BCUT2D eigenvalue weighted by atomic mass is 16.6. The Morgan fingerprint density at radius 1 is 1.07 bits per heavy atom. The molecule has 1 aromatic rings. The predicted octanol–water partition coefficient (Wildman–Crippen LogP) is 6.28. The van der Waals surface area contributed by atoms with Crippen molar-refractivity contribution in [1.29, 1.82) is 0 Å². The van der Waals surface area contributed by atoms with Crippen LogP contribution < -0.4 is 5.32 Å². The van der Waals surface area contributed by atoms with Gasteiger partial charge in [0.25, 0.3) is 11.6 Å². The van der Waals surface area contributed by atoms with Crippen molar-refractivity contribution in [2.45, 2.75) is 128 Å². The molecule has 0 bridgehead atoms. The van der Waals surface area contributed by atoms with Gasteiger partial charge in [0.2, 0.25) is 5.91 Å². The van der Waals surface area contributed by atoms with E-state index in [0.717, 1.165) is 35.9 Å². The SMILES string of the molecule is C=CCCCCC[C@H](NC(=O)OC(C)(C)C)C(=O)N1C[C@@H](c2cc([N+](=O)[O-])ccc2C(=O)O)C[C@H]1C(=O)N(C(=O)OC(C)(C)C)[C@]1(C(=O)OCC)CC1C=C. The number of alkyl carbamates (subject to hydrolysis) is 1. The lowest BCUT2D eigenvalue weighted by Crippen LogP contribution is -2.60. The number of carboxylic acids is 1. The number of carbonyl (C=O) groups excluding carboxylic acids is 5. The molecule has 2 aliphatic rings. The van der Waals surface area contributed by atoms with Crippen molar-refractivity contribution in [3.8, 4) is 0 Å². The number of amides is 4. The second-order valence-electron chi connectivity index (χ2n) is 15.7. The fourth-order valence-corrected chi connectivity index (χ4v) is 6.76. The van der Waals surface area contributed by atoms with Crippen LogP contribution in [0.3, 0.4) is 0 Å². The Kier molecular flexibility index (Phi) is 14.4. The number of benzene rings is 1. The van der Waals surface area contributed by atoms with Crippen molar-refractivity contribution in [2.75, 3.05) is 13.2 Å². The van der Waals surface area contributed by atoms with Gasteiger partial charge < -0.3 is 29.5 Å². The number of hydrogen-bond acceptors (Lipinski definition) is 11. The Bertz CT molecular complexity index is 1680. The molecule has 2 N–H and O–H groups in total. The summed E-state index contributed by atoms with van der Waals surface area (Å²) in [6.45, 7) is 18.3. The number of carboxylic acid groups (broad SMARTS) is 1. The van der Waals surface area contributed by atoms with Gasteiger partial charge in [-0.2, -0.15) is 0 Å². The molecular weight excluding hydrogens is 716 g/mol. The normalized spacial score (nSPS) is 21.1. The van der Waals surface area contributed by atoms with Gasteiger partial charge in [0.15, 0.2) is 5.54 Å². The van der Waals surface area contributed by atoms with Gasteiger partial charge in [-0.15, -0.1) is 13.2 Å². The van der Waals surface area contributed by atoms with E-state index in [1.165, 1.54) is 6.08 Å². The third-order valence-electron chi connectivity index (χ3n) is 9.27. The molecular formula is C39H54N4O12. The lowest BCUT2D eigenvalue weighted by atomic mass is 9.91. The number of aromatic carboxylic acids is 1. The number of rotatable bonds is 16. The van der Waals surface area contributed by atoms with Gasteiger partial charge in [-0.1, -0.05) is 25.0 Å². The van der Waals surface area contributed by atoms with Gasteiger partial charge in [0, 0.05) is 30.5 Å². The first-order valence-electron chi connectivity index (χ1n) is 18.4. The zero-order valence-electron chi connectivity index (χ0n) is 32.8. The maximum atomic E-state index is 15.0. The zero-order valence-corrected chi connectivity index (χ0v) is 32.8. The average molecular weight is 771 g/mol. The second kappa shape index (κ2) is 17.9. The summed E-state index contributed by atoms with van der Waals surface area (Å²) in [5.74, 6) is -5.76. The number of nitrogens with one attached hydrogen (secondary N) is 1. The summed E-state index contributed by atoms with van der Waals surface area (Å²) in [7, 11) is 0. The van der Waals surface area contributed by atoms with Crippen molar-refractivity contribution in [3.05, 3.63) is 64.8 Å². The minimum absolute atomic E-state index is 0.0183. The van der Waals surface area contributed by atoms with Gasteiger partial charge in [0.05, 0.1) is 17.1 Å². The number of ether oxygens (including phenoxy) is 3. The summed E-state index contributed by atoms with van der Waals surface area (Å²) in [6, 6.07) is 0.422. The maximum absolute atomic E-state index is 15.0. The van der Waals surface area contributed by atoms with E-state index in [2.05, 4.69) is 18.5 Å². The van der Waals surface area contributed by atoms with Gasteiger partial charge in [-0.3, -0.25) is 19.7 Å². The van der Waals surface area contributed by atoms with Crippen LogP contribution in [0.5, 0.6) is 0 Å². The van der Waals surface area contributed by atoms with Gasteiger partial charge >= 0.3 is 24.1 Å². The van der Waals surface area contributed by atoms with Crippen molar-refractivity contribution in [1.82, 2.24) is 15.1 Å². The summed E-state index contributed by atoms with van der Waals surface area (Å²) in [5, 5.41) is 24.5. The van der Waals surface area contributed by atoms with E-state index >= 15 is 4.79 Å². The highest BCUT2D eigenvalue weighted by Gasteiger charge is 2.69. The van der Waals surface area contributed by atoms with Gasteiger partial charge in [-0.05, 0) is 92.2 Å². The number of nitro benzene ring substituents is 1. The van der Waals surface area contributed by atoms with Crippen LogP contribution in [0.25, 0.3) is 0 Å². The van der Waals surface area contributed by atoms with Crippen LogP contribution in [0.2, 0.25) is 0 Å². The van der Waals surface area contributed by atoms with E-state index in [1.807, 2.05) is 0 Å². The molecule has 1 aliphatic heterocycles. The van der Waals surface area contributed by atoms with E-state index in [4.69, 9.17) is 14.2 Å². The fraction of sp³-hybridized carbons (Fsp3) is 0.590. The van der Waals surface area contributed by atoms with Crippen molar-refractivity contribution in [2.24, 2.45) is 5.92 Å². The third-order valence-corrected chi connectivity index (χ3v) is 9.27. The summed E-state index contributed by atoms with van der Waals surface area (Å²) >= 11 is 0. The molecule has 3 rings (SSSR count). The zero-order chi connectivity index (χ0) is 41.5. The minimum Gasteiger partial charge on any atom is -0.478 e. The Morgan fingerprint density at radius 3 is 2.25 bits per heavy atom. The molecule has 55 heavy (non-hydrogen) atoms. The van der Waals surface area contributed by atoms with Crippen LogP contribution >= 0.6 is 0 Å². The van der Waals surface area contributed by atoms with Crippen LogP contribution in [-0.2, 0) is 28.6 Å². The molecule has 0 radical (unpaired) electrons. The van der Waals surface area contributed by atoms with Crippen molar-refractivity contribution >= 4 is 41.6 Å². The Hall–Kier alpha value is -5.28. The molecule has 302 valence electrons. The molecule has 0 spiro atoms.